The lowest BCUT2D eigenvalue weighted by Crippen LogP contribution is -2.62. The lowest BCUT2D eigenvalue weighted by atomic mass is 9.90. The molecular formula is C47H66N2O17S. The number of thiocarbonyl (C=S) groups is 1. The average molecular weight is 963 g/mol. The summed E-state index contributed by atoms with van der Waals surface area (Å²) in [6, 6.07) is 15.1. The molecule has 0 radical (unpaired) electrons. The fourth-order valence-corrected chi connectivity index (χ4v) is 8.17. The smallest absolute Gasteiger partial charge is 0.303 e. The SMILES string of the molecule is CC(=O)OCC1OC(CC(=S)Nc2cccc(C3OC(CN4CCOCCOCCOCCOCCOCC4)C(C)C(c4ccc(CO)cc4)O3)c2)C(OC(C)=O)C(OC(C)=O)C1OC(C)=O. The van der Waals surface area contributed by atoms with Crippen molar-refractivity contribution in [1.82, 2.24) is 4.90 Å². The molecule has 3 saturated heterocycles. The molecule has 9 atom stereocenters. The molecule has 20 heteroatoms. The first-order valence-corrected chi connectivity index (χ1v) is 23.0. The van der Waals surface area contributed by atoms with E-state index in [0.717, 1.165) is 25.0 Å². The number of anilines is 1. The zero-order valence-electron chi connectivity index (χ0n) is 39.0. The summed E-state index contributed by atoms with van der Waals surface area (Å²) in [5.41, 5.74) is 3.00. The molecule has 19 nitrogen and oxygen atoms in total. The molecule has 2 aromatic carbocycles. The molecule has 0 amide bonds. The van der Waals surface area contributed by atoms with Crippen molar-refractivity contribution in [3.8, 4) is 0 Å². The van der Waals surface area contributed by atoms with Crippen molar-refractivity contribution < 1.29 is 81.1 Å². The van der Waals surface area contributed by atoms with E-state index in [1.807, 2.05) is 48.5 Å². The molecule has 67 heavy (non-hydrogen) atoms. The van der Waals surface area contributed by atoms with Crippen LogP contribution in [0.25, 0.3) is 0 Å². The van der Waals surface area contributed by atoms with Gasteiger partial charge in [-0.15, -0.1) is 0 Å². The summed E-state index contributed by atoms with van der Waals surface area (Å²) in [7, 11) is 0. The largest absolute Gasteiger partial charge is 0.463 e. The molecule has 3 aliphatic rings. The Bertz CT molecular complexity index is 1850. The number of esters is 4. The zero-order valence-corrected chi connectivity index (χ0v) is 39.8. The van der Waals surface area contributed by atoms with Gasteiger partial charge in [-0.25, -0.2) is 0 Å². The van der Waals surface area contributed by atoms with Crippen LogP contribution in [0.2, 0.25) is 0 Å². The van der Waals surface area contributed by atoms with Crippen LogP contribution >= 0.6 is 12.2 Å². The van der Waals surface area contributed by atoms with E-state index < -0.39 is 60.7 Å². The number of carbonyl (C=O) groups excluding carboxylic acids is 4. The lowest BCUT2D eigenvalue weighted by molar-refractivity contribution is -0.276. The van der Waals surface area contributed by atoms with Crippen LogP contribution in [-0.2, 0) is 82.6 Å². The number of benzene rings is 2. The summed E-state index contributed by atoms with van der Waals surface area (Å²) < 4.78 is 70.6. The molecule has 0 spiro atoms. The molecular weight excluding hydrogens is 897 g/mol. The maximum atomic E-state index is 12.4. The second-order valence-corrected chi connectivity index (χ2v) is 16.8. The first-order valence-electron chi connectivity index (χ1n) is 22.6. The Morgan fingerprint density at radius 1 is 0.657 bits per heavy atom. The quantitative estimate of drug-likeness (QED) is 0.167. The third kappa shape index (κ3) is 18.0. The Morgan fingerprint density at radius 3 is 1.73 bits per heavy atom. The second-order valence-electron chi connectivity index (χ2n) is 16.3. The third-order valence-corrected chi connectivity index (χ3v) is 11.3. The lowest BCUT2D eigenvalue weighted by Gasteiger charge is -2.44. The van der Waals surface area contributed by atoms with E-state index in [4.69, 9.17) is 69.1 Å². The van der Waals surface area contributed by atoms with Crippen LogP contribution in [0.15, 0.2) is 48.5 Å². The highest BCUT2D eigenvalue weighted by Gasteiger charge is 2.52. The molecule has 0 saturated carbocycles. The highest BCUT2D eigenvalue weighted by atomic mass is 32.1. The van der Waals surface area contributed by atoms with Crippen LogP contribution < -0.4 is 5.32 Å². The Morgan fingerprint density at radius 2 is 1.19 bits per heavy atom. The van der Waals surface area contributed by atoms with Crippen molar-refractivity contribution >= 4 is 46.8 Å². The molecule has 5 rings (SSSR count). The third-order valence-electron chi connectivity index (χ3n) is 11.1. The maximum Gasteiger partial charge on any atom is 0.303 e. The first-order chi connectivity index (χ1) is 32.3. The maximum absolute atomic E-state index is 12.4. The molecule has 9 unspecified atom stereocenters. The number of aliphatic hydroxyl groups is 1. The van der Waals surface area contributed by atoms with Crippen LogP contribution in [0.4, 0.5) is 5.69 Å². The fourth-order valence-electron chi connectivity index (χ4n) is 7.89. The number of hydrogen-bond donors (Lipinski definition) is 2. The minimum atomic E-state index is -1.32. The summed E-state index contributed by atoms with van der Waals surface area (Å²) in [5.74, 6) is -2.89. The monoisotopic (exact) mass is 962 g/mol. The van der Waals surface area contributed by atoms with Gasteiger partial charge in [-0.05, 0) is 23.3 Å². The van der Waals surface area contributed by atoms with E-state index in [1.165, 1.54) is 13.8 Å². The Hall–Kier alpha value is -4.19. The molecule has 372 valence electrons. The molecule has 0 aromatic heterocycles. The predicted molar refractivity (Wildman–Crippen MR) is 243 cm³/mol. The van der Waals surface area contributed by atoms with Crippen LogP contribution in [0.5, 0.6) is 0 Å². The van der Waals surface area contributed by atoms with Crippen LogP contribution in [0.3, 0.4) is 0 Å². The average Bonchev–Trinajstić information content (AvgIpc) is 3.28. The van der Waals surface area contributed by atoms with E-state index in [1.54, 1.807) is 0 Å². The number of nitrogens with one attached hydrogen (secondary N) is 1. The zero-order chi connectivity index (χ0) is 48.1. The predicted octanol–water partition coefficient (Wildman–Crippen LogP) is 3.62. The van der Waals surface area contributed by atoms with E-state index in [0.29, 0.717) is 97.0 Å². The van der Waals surface area contributed by atoms with E-state index in [9.17, 15) is 24.3 Å². The number of carbonyl (C=O) groups is 4. The second kappa shape index (κ2) is 28.3. The number of rotatable bonds is 13. The highest BCUT2D eigenvalue weighted by molar-refractivity contribution is 7.80. The molecule has 3 heterocycles. The minimum Gasteiger partial charge on any atom is -0.463 e. The summed E-state index contributed by atoms with van der Waals surface area (Å²) >= 11 is 5.84. The Balaban J connectivity index is 1.35. The number of nitrogens with zero attached hydrogens (tertiary/aromatic N) is 1. The molecule has 3 aliphatic heterocycles. The van der Waals surface area contributed by atoms with E-state index >= 15 is 0 Å². The Kier molecular flexibility index (Phi) is 22.7. The van der Waals surface area contributed by atoms with Gasteiger partial charge in [0.1, 0.15) is 18.8 Å². The van der Waals surface area contributed by atoms with Gasteiger partial charge in [0.25, 0.3) is 0 Å². The summed E-state index contributed by atoms with van der Waals surface area (Å²) in [6.45, 7) is 12.8. The van der Waals surface area contributed by atoms with Gasteiger partial charge in [0.2, 0.25) is 0 Å². The van der Waals surface area contributed by atoms with Gasteiger partial charge in [0.15, 0.2) is 24.6 Å². The summed E-state index contributed by atoms with van der Waals surface area (Å²) in [4.78, 5) is 51.3. The molecule has 0 bridgehead atoms. The van der Waals surface area contributed by atoms with Crippen molar-refractivity contribution in [3.63, 3.8) is 0 Å². The topological polar surface area (TPSA) is 215 Å². The molecule has 3 fully saturated rings. The van der Waals surface area contributed by atoms with Gasteiger partial charge in [0, 0.05) is 70.9 Å². The van der Waals surface area contributed by atoms with Gasteiger partial charge < -0.3 is 67.3 Å². The minimum absolute atomic E-state index is 0.0567. The van der Waals surface area contributed by atoms with Gasteiger partial charge in [0.05, 0.1) is 89.9 Å². The van der Waals surface area contributed by atoms with Crippen LogP contribution in [0.1, 0.15) is 70.1 Å². The van der Waals surface area contributed by atoms with Gasteiger partial charge in [-0.1, -0.05) is 55.5 Å². The van der Waals surface area contributed by atoms with Crippen molar-refractivity contribution in [2.24, 2.45) is 5.92 Å². The molecule has 2 N–H and O–H groups in total. The van der Waals surface area contributed by atoms with Gasteiger partial charge >= 0.3 is 23.9 Å². The van der Waals surface area contributed by atoms with Crippen LogP contribution in [-0.4, -0.2) is 168 Å². The van der Waals surface area contributed by atoms with Crippen molar-refractivity contribution in [2.45, 2.75) is 96.7 Å². The van der Waals surface area contributed by atoms with E-state index in [-0.39, 0.29) is 42.7 Å². The Labute approximate surface area is 397 Å². The van der Waals surface area contributed by atoms with Crippen LogP contribution in [0, 0.1) is 5.92 Å². The van der Waals surface area contributed by atoms with Gasteiger partial charge in [-0.3, -0.25) is 24.1 Å². The molecule has 0 aliphatic carbocycles. The summed E-state index contributed by atoms with van der Waals surface area (Å²) in [5, 5.41) is 13.0. The normalized spacial score (nSPS) is 27.6. The van der Waals surface area contributed by atoms with Crippen molar-refractivity contribution in [2.75, 3.05) is 97.6 Å². The van der Waals surface area contributed by atoms with Crippen molar-refractivity contribution in [1.29, 1.82) is 0 Å². The van der Waals surface area contributed by atoms with E-state index in [2.05, 4.69) is 17.1 Å². The van der Waals surface area contributed by atoms with Crippen molar-refractivity contribution in [3.05, 3.63) is 65.2 Å². The standard InChI is InChI=1S/C47H66N2O17S/c1-30-40(27-49-13-15-55-17-19-57-21-23-59-24-22-58-20-18-56-16-14-49)65-47(66-43(30)36-11-9-35(28-50)10-12-36)37-7-6-8-38(25-37)48-42(67)26-39-44(61-32(3)52)46(63-34(5)54)45(62-33(4)53)41(64-39)29-60-31(2)51/h6-12,25,30,39-41,43-47,50H,13-24,26-29H2,1-5H3,(H,48,67). The number of hydrogen-bond acceptors (Lipinski definition) is 19. The number of aliphatic hydroxyl groups excluding tert-OH is 1. The fraction of sp³-hybridized carbons (Fsp3) is 0.638. The van der Waals surface area contributed by atoms with Gasteiger partial charge in [-0.2, -0.15) is 0 Å². The number of ether oxygens (including phenoxy) is 12. The highest BCUT2D eigenvalue weighted by Crippen LogP contribution is 2.42. The first kappa shape index (κ1) is 53.8. The molecule has 2 aromatic rings. The summed E-state index contributed by atoms with van der Waals surface area (Å²) in [6.07, 6.45) is -7.59.